The first-order chi connectivity index (χ1) is 14.0. The SMILES string of the molecule is O=C1/C(=C\c2ccc(COc3cccc(Cl)c3)o2)NC(=S)N1c1ccc(F)cc1. The topological polar surface area (TPSA) is 54.7 Å². The molecule has 5 nitrogen and oxygen atoms in total. The predicted octanol–water partition coefficient (Wildman–Crippen LogP) is 4.91. The van der Waals surface area contributed by atoms with Crippen molar-refractivity contribution in [3.63, 3.8) is 0 Å². The highest BCUT2D eigenvalue weighted by Gasteiger charge is 2.32. The van der Waals surface area contributed by atoms with Gasteiger partial charge in [0, 0.05) is 11.1 Å². The third-order valence-electron chi connectivity index (χ3n) is 4.11. The van der Waals surface area contributed by atoms with Crippen LogP contribution in [0.5, 0.6) is 5.75 Å². The van der Waals surface area contributed by atoms with E-state index in [4.69, 9.17) is 33.0 Å². The Morgan fingerprint density at radius 2 is 1.97 bits per heavy atom. The Balaban J connectivity index is 1.46. The lowest BCUT2D eigenvalue weighted by Gasteiger charge is -2.13. The zero-order valence-electron chi connectivity index (χ0n) is 14.9. The molecule has 1 aliphatic heterocycles. The van der Waals surface area contributed by atoms with Crippen molar-refractivity contribution in [2.75, 3.05) is 4.90 Å². The van der Waals surface area contributed by atoms with Gasteiger partial charge in [-0.15, -0.1) is 0 Å². The smallest absolute Gasteiger partial charge is 0.281 e. The second kappa shape index (κ2) is 8.06. The van der Waals surface area contributed by atoms with Crippen molar-refractivity contribution >= 4 is 46.6 Å². The van der Waals surface area contributed by atoms with E-state index in [2.05, 4.69) is 5.32 Å². The molecule has 0 spiro atoms. The van der Waals surface area contributed by atoms with Crippen LogP contribution in [0.4, 0.5) is 10.1 Å². The minimum absolute atomic E-state index is 0.212. The molecule has 0 radical (unpaired) electrons. The second-order valence-electron chi connectivity index (χ2n) is 6.16. The van der Waals surface area contributed by atoms with Crippen molar-refractivity contribution in [2.45, 2.75) is 6.61 Å². The number of nitrogens with one attached hydrogen (secondary N) is 1. The molecule has 3 aromatic rings. The Morgan fingerprint density at radius 3 is 2.72 bits per heavy atom. The van der Waals surface area contributed by atoms with E-state index in [1.807, 2.05) is 0 Å². The summed E-state index contributed by atoms with van der Waals surface area (Å²) in [6.45, 7) is 0.213. The summed E-state index contributed by atoms with van der Waals surface area (Å²) in [7, 11) is 0. The van der Waals surface area contributed by atoms with Gasteiger partial charge in [-0.05, 0) is 66.8 Å². The summed E-state index contributed by atoms with van der Waals surface area (Å²) in [5.74, 6) is 0.934. The van der Waals surface area contributed by atoms with Gasteiger partial charge in [0.1, 0.15) is 35.4 Å². The van der Waals surface area contributed by atoms with Gasteiger partial charge in [0.25, 0.3) is 5.91 Å². The lowest BCUT2D eigenvalue weighted by atomic mass is 10.2. The number of benzene rings is 2. The lowest BCUT2D eigenvalue weighted by Crippen LogP contribution is -2.30. The number of thiocarbonyl (C=S) groups is 1. The molecule has 1 N–H and O–H groups in total. The molecular weight excluding hydrogens is 415 g/mol. The Labute approximate surface area is 176 Å². The number of hydrogen-bond donors (Lipinski definition) is 1. The fraction of sp³-hybridized carbons (Fsp3) is 0.0476. The van der Waals surface area contributed by atoms with Crippen LogP contribution in [0.3, 0.4) is 0 Å². The third-order valence-corrected chi connectivity index (χ3v) is 4.63. The standard InChI is InChI=1S/C21H14ClFN2O3S/c22-13-2-1-3-16(10-13)27-12-18-9-8-17(28-18)11-19-20(26)25(21(29)24-19)15-6-4-14(23)5-7-15/h1-11H,12H2,(H,24,29)/b19-11+. The van der Waals surface area contributed by atoms with E-state index in [0.29, 0.717) is 28.0 Å². The Kier molecular flexibility index (Phi) is 5.33. The number of hydrogen-bond acceptors (Lipinski definition) is 4. The van der Waals surface area contributed by atoms with Crippen LogP contribution in [-0.4, -0.2) is 11.0 Å². The van der Waals surface area contributed by atoms with Crippen LogP contribution in [-0.2, 0) is 11.4 Å². The molecule has 0 aliphatic carbocycles. The Morgan fingerprint density at radius 1 is 1.17 bits per heavy atom. The lowest BCUT2D eigenvalue weighted by molar-refractivity contribution is -0.113. The molecule has 1 saturated heterocycles. The first-order valence-electron chi connectivity index (χ1n) is 8.59. The highest BCUT2D eigenvalue weighted by molar-refractivity contribution is 7.80. The van der Waals surface area contributed by atoms with Crippen molar-refractivity contribution in [2.24, 2.45) is 0 Å². The second-order valence-corrected chi connectivity index (χ2v) is 6.98. The number of carbonyl (C=O) groups excluding carboxylic acids is 1. The minimum Gasteiger partial charge on any atom is -0.486 e. The van der Waals surface area contributed by atoms with Crippen LogP contribution in [0.1, 0.15) is 11.5 Å². The van der Waals surface area contributed by atoms with E-state index in [9.17, 15) is 9.18 Å². The number of carbonyl (C=O) groups is 1. The molecule has 1 fully saturated rings. The zero-order valence-corrected chi connectivity index (χ0v) is 16.5. The number of anilines is 1. The molecule has 2 aromatic carbocycles. The van der Waals surface area contributed by atoms with E-state index in [0.717, 1.165) is 0 Å². The van der Waals surface area contributed by atoms with Crippen LogP contribution < -0.4 is 15.0 Å². The number of rotatable bonds is 5. The van der Waals surface area contributed by atoms with Crippen LogP contribution in [0.15, 0.2) is 70.8 Å². The molecule has 1 aliphatic rings. The minimum atomic E-state index is -0.391. The van der Waals surface area contributed by atoms with Gasteiger partial charge in [0.2, 0.25) is 0 Å². The average Bonchev–Trinajstić information content (AvgIpc) is 3.25. The van der Waals surface area contributed by atoms with Crippen LogP contribution in [0, 0.1) is 5.82 Å². The van der Waals surface area contributed by atoms with E-state index in [1.165, 1.54) is 29.2 Å². The van der Waals surface area contributed by atoms with Crippen molar-refractivity contribution in [1.29, 1.82) is 0 Å². The maximum atomic E-state index is 13.1. The van der Waals surface area contributed by atoms with E-state index >= 15 is 0 Å². The number of nitrogens with zero attached hydrogens (tertiary/aromatic N) is 1. The quantitative estimate of drug-likeness (QED) is 0.462. The highest BCUT2D eigenvalue weighted by atomic mass is 35.5. The van der Waals surface area contributed by atoms with Crippen molar-refractivity contribution < 1.29 is 18.3 Å². The summed E-state index contributed by atoms with van der Waals surface area (Å²) in [5.41, 5.74) is 0.739. The first-order valence-corrected chi connectivity index (χ1v) is 9.38. The monoisotopic (exact) mass is 428 g/mol. The van der Waals surface area contributed by atoms with Gasteiger partial charge >= 0.3 is 0 Å². The van der Waals surface area contributed by atoms with Crippen molar-refractivity contribution in [3.05, 3.63) is 88.7 Å². The molecular formula is C21H14ClFN2O3S. The molecule has 2 heterocycles. The van der Waals surface area contributed by atoms with Gasteiger partial charge in [0.15, 0.2) is 5.11 Å². The summed E-state index contributed by atoms with van der Waals surface area (Å²) in [6, 6.07) is 16.1. The number of ether oxygens (including phenoxy) is 1. The maximum absolute atomic E-state index is 13.1. The van der Waals surface area contributed by atoms with Gasteiger partial charge in [-0.25, -0.2) is 4.39 Å². The summed E-state index contributed by atoms with van der Waals surface area (Å²) in [6.07, 6.45) is 1.56. The van der Waals surface area contributed by atoms with Crippen LogP contribution in [0.25, 0.3) is 6.08 Å². The van der Waals surface area contributed by atoms with Crippen molar-refractivity contribution in [3.8, 4) is 5.75 Å². The van der Waals surface area contributed by atoms with Gasteiger partial charge < -0.3 is 14.5 Å². The van der Waals surface area contributed by atoms with Gasteiger partial charge in [-0.3, -0.25) is 9.69 Å². The largest absolute Gasteiger partial charge is 0.486 e. The predicted molar refractivity (Wildman–Crippen MR) is 112 cm³/mol. The van der Waals surface area contributed by atoms with E-state index in [1.54, 1.807) is 42.5 Å². The van der Waals surface area contributed by atoms with Crippen LogP contribution in [0.2, 0.25) is 5.02 Å². The highest BCUT2D eigenvalue weighted by Crippen LogP contribution is 2.24. The molecule has 8 heteroatoms. The van der Waals surface area contributed by atoms with Crippen molar-refractivity contribution in [1.82, 2.24) is 5.32 Å². The van der Waals surface area contributed by atoms with Gasteiger partial charge in [-0.2, -0.15) is 0 Å². The summed E-state index contributed by atoms with van der Waals surface area (Å²) in [4.78, 5) is 14.0. The van der Waals surface area contributed by atoms with Crippen LogP contribution >= 0.6 is 23.8 Å². The fourth-order valence-electron chi connectivity index (χ4n) is 2.76. The molecule has 0 atom stereocenters. The zero-order chi connectivity index (χ0) is 20.4. The summed E-state index contributed by atoms with van der Waals surface area (Å²) >= 11 is 11.2. The van der Waals surface area contributed by atoms with Gasteiger partial charge in [-0.1, -0.05) is 17.7 Å². The first kappa shape index (κ1) is 19.2. The summed E-state index contributed by atoms with van der Waals surface area (Å²) < 4.78 is 24.5. The average molecular weight is 429 g/mol. The normalized spacial score (nSPS) is 15.1. The molecule has 1 amide bonds. The molecule has 146 valence electrons. The summed E-state index contributed by atoms with van der Waals surface area (Å²) in [5, 5.41) is 3.65. The fourth-order valence-corrected chi connectivity index (χ4v) is 3.24. The molecule has 4 rings (SSSR count). The molecule has 0 saturated carbocycles. The number of halogens is 2. The van der Waals surface area contributed by atoms with Gasteiger partial charge in [0.05, 0.1) is 5.69 Å². The number of amides is 1. The van der Waals surface area contributed by atoms with E-state index < -0.39 is 5.82 Å². The maximum Gasteiger partial charge on any atom is 0.281 e. The Bertz CT molecular complexity index is 1110. The molecule has 29 heavy (non-hydrogen) atoms. The third kappa shape index (κ3) is 4.31. The molecule has 0 unspecified atom stereocenters. The number of furan rings is 1. The molecule has 1 aromatic heterocycles. The van der Waals surface area contributed by atoms with E-state index in [-0.39, 0.29) is 23.3 Å². The molecule has 0 bridgehead atoms. The Hall–Kier alpha value is -3.16.